The fourth-order valence-electron chi connectivity index (χ4n) is 3.05. The number of likely N-dealkylation sites (N-methyl/N-ethyl adjacent to an activating group) is 1. The Morgan fingerprint density at radius 3 is 2.59 bits per heavy atom. The molecule has 2 rings (SSSR count). The first kappa shape index (κ1) is 13.3. The molecule has 1 unspecified atom stereocenters. The summed E-state index contributed by atoms with van der Waals surface area (Å²) in [6.45, 7) is 9.94. The monoisotopic (exact) mass is 239 g/mol. The van der Waals surface area contributed by atoms with E-state index in [2.05, 4.69) is 29.1 Å². The number of nitrogens with one attached hydrogen (secondary N) is 1. The molecule has 0 bridgehead atoms. The molecule has 0 aromatic rings. The quantitative estimate of drug-likeness (QED) is 0.800. The predicted octanol–water partition coefficient (Wildman–Crippen LogP) is 1.40. The lowest BCUT2D eigenvalue weighted by Gasteiger charge is -2.33. The molecule has 2 fully saturated rings. The third-order valence-corrected chi connectivity index (χ3v) is 4.36. The van der Waals surface area contributed by atoms with Crippen LogP contribution in [0.3, 0.4) is 0 Å². The van der Waals surface area contributed by atoms with Crippen molar-refractivity contribution in [2.45, 2.75) is 38.6 Å². The van der Waals surface area contributed by atoms with Gasteiger partial charge in [-0.25, -0.2) is 0 Å². The zero-order chi connectivity index (χ0) is 12.1. The van der Waals surface area contributed by atoms with Crippen molar-refractivity contribution in [1.82, 2.24) is 15.1 Å². The van der Waals surface area contributed by atoms with Gasteiger partial charge in [0, 0.05) is 25.7 Å². The van der Waals surface area contributed by atoms with Crippen molar-refractivity contribution in [3.63, 3.8) is 0 Å². The summed E-state index contributed by atoms with van der Waals surface area (Å²) >= 11 is 0. The number of piperidine rings is 2. The molecule has 1 N–H and O–H groups in total. The van der Waals surface area contributed by atoms with E-state index in [0.717, 1.165) is 12.0 Å². The summed E-state index contributed by atoms with van der Waals surface area (Å²) in [6, 6.07) is 0.734. The van der Waals surface area contributed by atoms with E-state index >= 15 is 0 Å². The highest BCUT2D eigenvalue weighted by molar-refractivity contribution is 4.77. The molecule has 0 amide bonds. The Kier molecular flexibility index (Phi) is 5.26. The van der Waals surface area contributed by atoms with Crippen LogP contribution in [-0.2, 0) is 0 Å². The minimum atomic E-state index is 0.734. The van der Waals surface area contributed by atoms with E-state index < -0.39 is 0 Å². The topological polar surface area (TPSA) is 18.5 Å². The smallest absolute Gasteiger partial charge is 0.0195 e. The van der Waals surface area contributed by atoms with Crippen LogP contribution in [0, 0.1) is 5.92 Å². The number of likely N-dealkylation sites (tertiary alicyclic amines) is 2. The Morgan fingerprint density at radius 2 is 1.88 bits per heavy atom. The number of hydrogen-bond donors (Lipinski definition) is 1. The van der Waals surface area contributed by atoms with Crippen LogP contribution in [-0.4, -0.2) is 62.2 Å². The van der Waals surface area contributed by atoms with Gasteiger partial charge < -0.3 is 15.1 Å². The Balaban J connectivity index is 1.56. The highest BCUT2D eigenvalue weighted by Gasteiger charge is 2.18. The summed E-state index contributed by atoms with van der Waals surface area (Å²) < 4.78 is 0. The molecule has 0 spiro atoms. The normalized spacial score (nSPS) is 29.6. The molecule has 1 atom stereocenters. The van der Waals surface area contributed by atoms with Gasteiger partial charge in [-0.1, -0.05) is 6.92 Å². The maximum Gasteiger partial charge on any atom is 0.0195 e. The fraction of sp³-hybridized carbons (Fsp3) is 1.00. The van der Waals surface area contributed by atoms with Gasteiger partial charge in [0.1, 0.15) is 0 Å². The average Bonchev–Trinajstić information content (AvgIpc) is 2.32. The molecular weight excluding hydrogens is 210 g/mol. The minimum absolute atomic E-state index is 0.734. The van der Waals surface area contributed by atoms with Crippen molar-refractivity contribution in [2.75, 3.05) is 46.3 Å². The predicted molar refractivity (Wildman–Crippen MR) is 73.4 cm³/mol. The van der Waals surface area contributed by atoms with E-state index in [1.165, 1.54) is 65.0 Å². The molecule has 0 radical (unpaired) electrons. The van der Waals surface area contributed by atoms with Crippen molar-refractivity contribution in [2.24, 2.45) is 5.92 Å². The second-order valence-electron chi connectivity index (χ2n) is 6.08. The molecule has 100 valence electrons. The Morgan fingerprint density at radius 1 is 1.12 bits per heavy atom. The van der Waals surface area contributed by atoms with E-state index in [0.29, 0.717) is 0 Å². The van der Waals surface area contributed by atoms with Crippen LogP contribution in [0.15, 0.2) is 0 Å². The number of hydrogen-bond acceptors (Lipinski definition) is 3. The molecule has 0 saturated carbocycles. The Bertz CT molecular complexity index is 212. The largest absolute Gasteiger partial charge is 0.311 e. The molecule has 2 aliphatic heterocycles. The molecule has 2 heterocycles. The summed E-state index contributed by atoms with van der Waals surface area (Å²) in [4.78, 5) is 5.07. The molecular formula is C14H29N3. The van der Waals surface area contributed by atoms with Crippen molar-refractivity contribution in [1.29, 1.82) is 0 Å². The maximum atomic E-state index is 3.73. The number of rotatable bonds is 4. The van der Waals surface area contributed by atoms with E-state index in [1.54, 1.807) is 0 Å². The molecule has 0 aromatic heterocycles. The summed E-state index contributed by atoms with van der Waals surface area (Å²) in [5, 5.41) is 3.73. The highest BCUT2D eigenvalue weighted by Crippen LogP contribution is 2.15. The van der Waals surface area contributed by atoms with Gasteiger partial charge in [0.05, 0.1) is 0 Å². The average molecular weight is 239 g/mol. The first-order valence-electron chi connectivity index (χ1n) is 7.38. The van der Waals surface area contributed by atoms with Gasteiger partial charge in [0.15, 0.2) is 0 Å². The fourth-order valence-corrected chi connectivity index (χ4v) is 3.05. The lowest BCUT2D eigenvalue weighted by Crippen LogP contribution is -2.46. The molecule has 0 aromatic carbocycles. The summed E-state index contributed by atoms with van der Waals surface area (Å²) in [7, 11) is 2.24. The molecule has 17 heavy (non-hydrogen) atoms. The third kappa shape index (κ3) is 4.57. The molecule has 0 aliphatic carbocycles. The van der Waals surface area contributed by atoms with Crippen LogP contribution in [0.1, 0.15) is 32.6 Å². The summed E-state index contributed by atoms with van der Waals surface area (Å²) in [5.74, 6) is 0.950. The van der Waals surface area contributed by atoms with E-state index in [1.807, 2.05) is 0 Å². The summed E-state index contributed by atoms with van der Waals surface area (Å²) in [5.41, 5.74) is 0. The van der Waals surface area contributed by atoms with Gasteiger partial charge in [-0.15, -0.1) is 0 Å². The molecule has 2 saturated heterocycles. The molecule has 3 heteroatoms. The highest BCUT2D eigenvalue weighted by atomic mass is 15.2. The van der Waals surface area contributed by atoms with Crippen LogP contribution in [0.5, 0.6) is 0 Å². The van der Waals surface area contributed by atoms with Gasteiger partial charge >= 0.3 is 0 Å². The van der Waals surface area contributed by atoms with Gasteiger partial charge in [-0.3, -0.25) is 0 Å². The summed E-state index contributed by atoms with van der Waals surface area (Å²) in [6.07, 6.45) is 5.51. The maximum absolute atomic E-state index is 3.73. The minimum Gasteiger partial charge on any atom is -0.311 e. The SMILES string of the molecule is CC1CCN(CCNC2CCCN(C)C2)CC1. The van der Waals surface area contributed by atoms with Crippen molar-refractivity contribution in [3.8, 4) is 0 Å². The Labute approximate surface area is 107 Å². The van der Waals surface area contributed by atoms with Gasteiger partial charge in [0.2, 0.25) is 0 Å². The standard InChI is InChI=1S/C14H29N3/c1-13-5-9-17(10-6-13)11-7-15-14-4-3-8-16(2)12-14/h13-15H,3-12H2,1-2H3. The van der Waals surface area contributed by atoms with E-state index in [9.17, 15) is 0 Å². The van der Waals surface area contributed by atoms with Gasteiger partial charge in [-0.05, 0) is 58.3 Å². The zero-order valence-electron chi connectivity index (χ0n) is 11.6. The van der Waals surface area contributed by atoms with Crippen LogP contribution >= 0.6 is 0 Å². The lowest BCUT2D eigenvalue weighted by atomic mass is 9.99. The Hall–Kier alpha value is -0.120. The van der Waals surface area contributed by atoms with Crippen molar-refractivity contribution >= 4 is 0 Å². The lowest BCUT2D eigenvalue weighted by molar-refractivity contribution is 0.181. The second-order valence-corrected chi connectivity index (χ2v) is 6.08. The van der Waals surface area contributed by atoms with Gasteiger partial charge in [0.25, 0.3) is 0 Å². The van der Waals surface area contributed by atoms with Crippen LogP contribution in [0.4, 0.5) is 0 Å². The first-order valence-corrected chi connectivity index (χ1v) is 7.38. The van der Waals surface area contributed by atoms with Crippen LogP contribution in [0.25, 0.3) is 0 Å². The van der Waals surface area contributed by atoms with E-state index in [-0.39, 0.29) is 0 Å². The van der Waals surface area contributed by atoms with Crippen molar-refractivity contribution < 1.29 is 0 Å². The molecule has 3 nitrogen and oxygen atoms in total. The number of nitrogens with zero attached hydrogens (tertiary/aromatic N) is 2. The van der Waals surface area contributed by atoms with E-state index in [4.69, 9.17) is 0 Å². The zero-order valence-corrected chi connectivity index (χ0v) is 11.6. The van der Waals surface area contributed by atoms with Gasteiger partial charge in [-0.2, -0.15) is 0 Å². The first-order chi connectivity index (χ1) is 8.24. The third-order valence-electron chi connectivity index (χ3n) is 4.36. The second kappa shape index (κ2) is 6.72. The van der Waals surface area contributed by atoms with Crippen molar-refractivity contribution in [3.05, 3.63) is 0 Å². The molecule has 2 aliphatic rings. The van der Waals surface area contributed by atoms with Crippen LogP contribution < -0.4 is 5.32 Å². The van der Waals surface area contributed by atoms with Crippen LogP contribution in [0.2, 0.25) is 0 Å².